The van der Waals surface area contributed by atoms with Crippen LogP contribution < -0.4 is 15.7 Å². The van der Waals surface area contributed by atoms with Gasteiger partial charge in [-0.2, -0.15) is 0 Å². The van der Waals surface area contributed by atoms with Gasteiger partial charge in [-0.15, -0.1) is 0 Å². The predicted molar refractivity (Wildman–Crippen MR) is 115 cm³/mol. The van der Waals surface area contributed by atoms with Gasteiger partial charge in [0.2, 0.25) is 0 Å². The molecule has 0 saturated carbocycles. The quantitative estimate of drug-likeness (QED) is 0.440. The maximum absolute atomic E-state index is 12.5. The van der Waals surface area contributed by atoms with Crippen LogP contribution in [0.2, 0.25) is 5.02 Å². The van der Waals surface area contributed by atoms with Crippen molar-refractivity contribution < 1.29 is 33.0 Å². The molecule has 9 nitrogen and oxygen atoms in total. The number of methoxy groups -OCH3 is 2. The Kier molecular flexibility index (Phi) is 6.79. The molecule has 0 atom stereocenters. The summed E-state index contributed by atoms with van der Waals surface area (Å²) in [5, 5.41) is 3.35. The summed E-state index contributed by atoms with van der Waals surface area (Å²) in [6, 6.07) is 8.31. The van der Waals surface area contributed by atoms with Crippen molar-refractivity contribution in [3.05, 3.63) is 68.5 Å². The van der Waals surface area contributed by atoms with Crippen molar-refractivity contribution >= 4 is 46.1 Å². The van der Waals surface area contributed by atoms with Crippen molar-refractivity contribution in [1.82, 2.24) is 0 Å². The molecule has 0 aliphatic heterocycles. The van der Waals surface area contributed by atoms with E-state index in [1.54, 1.807) is 13.0 Å². The lowest BCUT2D eigenvalue weighted by molar-refractivity contribution is -0.118. The minimum atomic E-state index is -0.708. The Hall–Kier alpha value is -3.85. The van der Waals surface area contributed by atoms with E-state index in [4.69, 9.17) is 25.5 Å². The fraction of sp³-hybridized carbons (Fsp3) is 0.182. The molecule has 0 fully saturated rings. The Balaban J connectivity index is 1.81. The van der Waals surface area contributed by atoms with Crippen LogP contribution in [-0.4, -0.2) is 38.7 Å². The topological polar surface area (TPSA) is 121 Å². The molecule has 0 bridgehead atoms. The predicted octanol–water partition coefficient (Wildman–Crippen LogP) is 3.35. The number of fused-ring (bicyclic) bond motifs is 1. The summed E-state index contributed by atoms with van der Waals surface area (Å²) in [6.07, 6.45) is 0. The third-order valence-corrected chi connectivity index (χ3v) is 4.78. The Morgan fingerprint density at radius 2 is 1.75 bits per heavy atom. The van der Waals surface area contributed by atoms with Crippen LogP contribution in [0.15, 0.2) is 45.6 Å². The fourth-order valence-electron chi connectivity index (χ4n) is 2.94. The van der Waals surface area contributed by atoms with Crippen LogP contribution >= 0.6 is 11.6 Å². The molecule has 0 radical (unpaired) electrons. The van der Waals surface area contributed by atoms with E-state index in [1.807, 2.05) is 0 Å². The monoisotopic (exact) mass is 459 g/mol. The van der Waals surface area contributed by atoms with Gasteiger partial charge < -0.3 is 23.9 Å². The van der Waals surface area contributed by atoms with Crippen LogP contribution in [0.3, 0.4) is 0 Å². The van der Waals surface area contributed by atoms with Gasteiger partial charge in [0.05, 0.1) is 36.1 Å². The summed E-state index contributed by atoms with van der Waals surface area (Å²) in [7, 11) is 2.40. The van der Waals surface area contributed by atoms with Gasteiger partial charge in [-0.3, -0.25) is 4.79 Å². The Labute approximate surface area is 186 Å². The van der Waals surface area contributed by atoms with E-state index in [9.17, 15) is 19.2 Å². The zero-order chi connectivity index (χ0) is 23.4. The number of carbonyl (C=O) groups is 3. The van der Waals surface area contributed by atoms with Crippen molar-refractivity contribution in [2.45, 2.75) is 6.92 Å². The summed E-state index contributed by atoms with van der Waals surface area (Å²) in [5.41, 5.74) is 0.618. The molecule has 0 spiro atoms. The lowest BCUT2D eigenvalue weighted by atomic mass is 10.1. The number of benzene rings is 2. The third-order valence-electron chi connectivity index (χ3n) is 4.48. The average Bonchev–Trinajstić information content (AvgIpc) is 2.77. The van der Waals surface area contributed by atoms with E-state index in [0.29, 0.717) is 10.9 Å². The highest BCUT2D eigenvalue weighted by Gasteiger charge is 2.18. The number of halogens is 1. The molecule has 2 aromatic carbocycles. The zero-order valence-electron chi connectivity index (χ0n) is 17.3. The van der Waals surface area contributed by atoms with Gasteiger partial charge in [0, 0.05) is 17.5 Å². The lowest BCUT2D eigenvalue weighted by Crippen LogP contribution is -2.22. The molecule has 0 aliphatic rings. The molecule has 10 heteroatoms. The molecule has 1 amide bonds. The van der Waals surface area contributed by atoms with Gasteiger partial charge in [-0.05, 0) is 36.8 Å². The van der Waals surface area contributed by atoms with E-state index >= 15 is 0 Å². The number of ether oxygens (including phenoxy) is 3. The highest BCUT2D eigenvalue weighted by molar-refractivity contribution is 6.32. The van der Waals surface area contributed by atoms with E-state index < -0.39 is 30.1 Å². The summed E-state index contributed by atoms with van der Waals surface area (Å²) in [5.74, 6) is -1.87. The highest BCUT2D eigenvalue weighted by atomic mass is 35.5. The number of anilines is 1. The smallest absolute Gasteiger partial charge is 0.339 e. The standard InChI is InChI=1S/C22H18ClNO8/c1-11-6-20(26)32-17-9-18(15(23)8-14(11)17)31-10-19(25)24-16-7-12(21(27)29-2)4-5-13(16)22(28)30-3/h4-9H,10H2,1-3H3,(H,24,25). The molecule has 32 heavy (non-hydrogen) atoms. The molecule has 0 unspecified atom stereocenters. The molecular formula is C22H18ClNO8. The highest BCUT2D eigenvalue weighted by Crippen LogP contribution is 2.31. The first kappa shape index (κ1) is 22.8. The Morgan fingerprint density at radius 1 is 1.03 bits per heavy atom. The first-order chi connectivity index (χ1) is 15.2. The van der Waals surface area contributed by atoms with Crippen molar-refractivity contribution in [2.75, 3.05) is 26.1 Å². The van der Waals surface area contributed by atoms with Gasteiger partial charge in [-0.25, -0.2) is 14.4 Å². The molecule has 1 aromatic heterocycles. The first-order valence-electron chi connectivity index (χ1n) is 9.20. The second-order valence-corrected chi connectivity index (χ2v) is 7.01. The van der Waals surface area contributed by atoms with Crippen molar-refractivity contribution in [2.24, 2.45) is 0 Å². The van der Waals surface area contributed by atoms with Crippen molar-refractivity contribution in [3.63, 3.8) is 0 Å². The van der Waals surface area contributed by atoms with Crippen LogP contribution in [0, 0.1) is 6.92 Å². The maximum Gasteiger partial charge on any atom is 0.339 e. The van der Waals surface area contributed by atoms with E-state index in [1.165, 1.54) is 44.6 Å². The van der Waals surface area contributed by atoms with E-state index in [2.05, 4.69) is 10.1 Å². The minimum absolute atomic E-state index is 0.0366. The lowest BCUT2D eigenvalue weighted by Gasteiger charge is -2.13. The molecule has 0 aliphatic carbocycles. The summed E-state index contributed by atoms with van der Waals surface area (Å²) in [4.78, 5) is 47.8. The van der Waals surface area contributed by atoms with Gasteiger partial charge >= 0.3 is 17.6 Å². The molecule has 0 saturated heterocycles. The van der Waals surface area contributed by atoms with Crippen LogP contribution in [0.1, 0.15) is 26.3 Å². The van der Waals surface area contributed by atoms with Crippen LogP contribution in [0.25, 0.3) is 11.0 Å². The van der Waals surface area contributed by atoms with Crippen LogP contribution in [0.4, 0.5) is 5.69 Å². The maximum atomic E-state index is 12.5. The average molecular weight is 460 g/mol. The van der Waals surface area contributed by atoms with Crippen molar-refractivity contribution in [3.8, 4) is 5.75 Å². The third kappa shape index (κ3) is 4.89. The largest absolute Gasteiger partial charge is 0.482 e. The summed E-state index contributed by atoms with van der Waals surface area (Å²) in [6.45, 7) is 1.26. The minimum Gasteiger partial charge on any atom is -0.482 e. The van der Waals surface area contributed by atoms with Crippen LogP contribution in [-0.2, 0) is 14.3 Å². The fourth-order valence-corrected chi connectivity index (χ4v) is 3.16. The summed E-state index contributed by atoms with van der Waals surface area (Å²) < 4.78 is 20.0. The second kappa shape index (κ2) is 9.52. The second-order valence-electron chi connectivity index (χ2n) is 6.61. The number of amides is 1. The molecular weight excluding hydrogens is 442 g/mol. The number of nitrogens with one attached hydrogen (secondary N) is 1. The molecule has 1 heterocycles. The van der Waals surface area contributed by atoms with Gasteiger partial charge in [0.1, 0.15) is 11.3 Å². The number of hydrogen-bond donors (Lipinski definition) is 1. The number of aryl methyl sites for hydroxylation is 1. The molecule has 3 rings (SSSR count). The van der Waals surface area contributed by atoms with Crippen LogP contribution in [0.5, 0.6) is 5.75 Å². The van der Waals surface area contributed by atoms with Crippen molar-refractivity contribution in [1.29, 1.82) is 0 Å². The SMILES string of the molecule is COC(=O)c1ccc(C(=O)OC)c(NC(=O)COc2cc3oc(=O)cc(C)c3cc2Cl)c1. The molecule has 166 valence electrons. The van der Waals surface area contributed by atoms with E-state index in [-0.39, 0.29) is 33.2 Å². The van der Waals surface area contributed by atoms with Gasteiger partial charge in [0.15, 0.2) is 6.61 Å². The Morgan fingerprint density at radius 3 is 2.44 bits per heavy atom. The summed E-state index contributed by atoms with van der Waals surface area (Å²) >= 11 is 6.23. The number of carbonyl (C=O) groups excluding carboxylic acids is 3. The van der Waals surface area contributed by atoms with Gasteiger partial charge in [-0.1, -0.05) is 11.6 Å². The number of hydrogen-bond acceptors (Lipinski definition) is 8. The normalized spacial score (nSPS) is 10.5. The zero-order valence-corrected chi connectivity index (χ0v) is 18.1. The van der Waals surface area contributed by atoms with E-state index in [0.717, 1.165) is 0 Å². The molecule has 3 aromatic rings. The van der Waals surface area contributed by atoms with Gasteiger partial charge in [0.25, 0.3) is 5.91 Å². The first-order valence-corrected chi connectivity index (χ1v) is 9.58. The molecule has 1 N–H and O–H groups in total. The number of esters is 2. The Bertz CT molecular complexity index is 1280. The number of rotatable bonds is 6.